The van der Waals surface area contributed by atoms with Crippen LogP contribution in [0.1, 0.15) is 129 Å². The number of hydrogen-bond acceptors (Lipinski definition) is 6. The van der Waals surface area contributed by atoms with E-state index in [0.29, 0.717) is 67.5 Å². The molecule has 4 aromatic carbocycles. The van der Waals surface area contributed by atoms with Gasteiger partial charge in [0, 0.05) is 42.6 Å². The van der Waals surface area contributed by atoms with Gasteiger partial charge in [-0.1, -0.05) is 80.2 Å². The Balaban J connectivity index is 0.000000238. The van der Waals surface area contributed by atoms with Crippen LogP contribution in [0.2, 0.25) is 0 Å². The Bertz CT molecular complexity index is 2090. The van der Waals surface area contributed by atoms with Crippen molar-refractivity contribution in [3.05, 3.63) is 142 Å². The molecule has 2 unspecified atom stereocenters. The van der Waals surface area contributed by atoms with Gasteiger partial charge in [0.25, 0.3) is 5.91 Å². The van der Waals surface area contributed by atoms with Crippen molar-refractivity contribution >= 4 is 140 Å². The number of benzene rings is 4. The van der Waals surface area contributed by atoms with E-state index in [4.69, 9.17) is 5.11 Å². The molecule has 1 aliphatic heterocycles. The van der Waals surface area contributed by atoms with Crippen LogP contribution in [0, 0.1) is 11.8 Å². The van der Waals surface area contributed by atoms with Gasteiger partial charge in [-0.15, -0.1) is 0 Å². The molecule has 3 aliphatic rings. The van der Waals surface area contributed by atoms with Crippen LogP contribution in [0.5, 0.6) is 0 Å². The monoisotopic (exact) mass is 1900 g/mol. The minimum Gasteiger partial charge on any atom is -0.478 e. The van der Waals surface area contributed by atoms with Gasteiger partial charge in [-0.05, 0) is 129 Å². The Kier molecular flexibility index (Phi) is 28.5. The number of carboxylic acids is 1. The molecule has 7 rings (SSSR count). The fourth-order valence-corrected chi connectivity index (χ4v) is 637. The fraction of sp³-hybridized carbons (Fsp3) is 0.417. The van der Waals surface area contributed by atoms with E-state index in [9.17, 15) is 29.4 Å². The summed E-state index contributed by atoms with van der Waals surface area (Å²) in [6.45, 7) is 1.65. The molecular formula is C48H57I9NO7-. The number of aromatic carboxylic acids is 1. The number of carboxylic acid groups (broad SMARTS) is 1. The summed E-state index contributed by atoms with van der Waals surface area (Å²) in [7, 11) is -0.795. The third kappa shape index (κ3) is 19.9. The Morgan fingerprint density at radius 3 is 1.28 bits per heavy atom. The zero-order valence-corrected chi connectivity index (χ0v) is 54.4. The first-order chi connectivity index (χ1) is 30.7. The molecule has 17 heteroatoms. The van der Waals surface area contributed by atoms with Crippen LogP contribution in [0.25, 0.3) is 0 Å². The molecule has 2 atom stereocenters. The molecule has 3 N–H and O–H groups in total. The molecule has 0 aromatic heterocycles. The smallest absolute Gasteiger partial charge is 0.335 e. The number of aliphatic hydroxyl groups is 2. The molecule has 8 nitrogen and oxygen atoms in total. The number of nitrogens with zero attached hydrogens (tertiary/aromatic N) is 1. The summed E-state index contributed by atoms with van der Waals surface area (Å²) in [5.74, 6) is 0.193. The molecule has 0 saturated carbocycles. The summed E-state index contributed by atoms with van der Waals surface area (Å²) in [6, 6.07) is 30.0. The van der Waals surface area contributed by atoms with Crippen molar-refractivity contribution in [2.45, 2.75) is 103 Å². The summed E-state index contributed by atoms with van der Waals surface area (Å²) < 4.78 is 0. The van der Waals surface area contributed by atoms with Crippen LogP contribution >= 0.6 is 117 Å². The Morgan fingerprint density at radius 2 is 0.969 bits per heavy atom. The average molecular weight is 1900 g/mol. The van der Waals surface area contributed by atoms with Crippen LogP contribution in [-0.4, -0.2) is 69.0 Å². The van der Waals surface area contributed by atoms with Crippen LogP contribution in [0.15, 0.2) is 97.1 Å². The summed E-state index contributed by atoms with van der Waals surface area (Å²) in [6.07, 6.45) is 9.50. The number of likely N-dealkylation sites (tertiary alicyclic amines) is 1. The first-order valence-electron chi connectivity index (χ1n) is 21.1. The van der Waals surface area contributed by atoms with E-state index in [1.807, 2.05) is 4.90 Å². The SMILES string of the molecule is C.I[I-]I(I)I(I)I(I)I.O=C(CCC(O)CCC1Cc2ccccc2C1)c1ccc(C(=O)N2CCC2)cc1.O=C(O)c1ccc(C(=O)CCC(O)CCC2Cc3ccccc3C2)cc1. The number of ketones is 2. The molecule has 0 radical (unpaired) electrons. The number of carbonyl (C=O) groups excluding carboxylic acids is 3. The van der Waals surface area contributed by atoms with Crippen molar-refractivity contribution in [2.24, 2.45) is 11.8 Å². The van der Waals surface area contributed by atoms with Crippen LogP contribution < -0.4 is 13.3 Å². The van der Waals surface area contributed by atoms with E-state index >= 15 is 0 Å². The number of rotatable bonds is 19. The summed E-state index contributed by atoms with van der Waals surface area (Å²) in [5, 5.41) is 29.4. The van der Waals surface area contributed by atoms with Gasteiger partial charge in [-0.25, -0.2) is 4.79 Å². The van der Waals surface area contributed by atoms with Crippen LogP contribution in [-0.2, 0) is 25.7 Å². The van der Waals surface area contributed by atoms with Crippen molar-refractivity contribution in [2.75, 3.05) is 13.1 Å². The molecule has 0 spiro atoms. The minimum atomic E-state index is -1.01. The second-order valence-electron chi connectivity index (χ2n) is 16.1. The van der Waals surface area contributed by atoms with Crippen molar-refractivity contribution in [3.8, 4) is 0 Å². The Labute approximate surface area is 454 Å². The van der Waals surface area contributed by atoms with E-state index in [2.05, 4.69) is 142 Å². The number of aliphatic hydroxyl groups excluding tert-OH is 2. The molecule has 4 aromatic rings. The van der Waals surface area contributed by atoms with Gasteiger partial charge in [-0.3, -0.25) is 14.4 Å². The molecule has 0 bridgehead atoms. The molecule has 2 aliphatic carbocycles. The Morgan fingerprint density at radius 1 is 0.600 bits per heavy atom. The van der Waals surface area contributed by atoms with Gasteiger partial charge in [-0.2, -0.15) is 0 Å². The minimum absolute atomic E-state index is 0. The maximum absolute atomic E-state index is 12.4. The maximum atomic E-state index is 12.4. The number of fused-ring (bicyclic) bond motifs is 2. The number of halogens is 9. The van der Waals surface area contributed by atoms with E-state index in [0.717, 1.165) is 64.5 Å². The predicted molar refractivity (Wildman–Crippen MR) is 332 cm³/mol. The largest absolute Gasteiger partial charge is 0.478 e. The number of hydrogen-bond donors (Lipinski definition) is 3. The van der Waals surface area contributed by atoms with Gasteiger partial charge in [0.05, 0.1) is 17.8 Å². The molecule has 1 fully saturated rings. The maximum Gasteiger partial charge on any atom is 0.335 e. The van der Waals surface area contributed by atoms with Crippen LogP contribution in [0.3, 0.4) is 0 Å². The molecular weight excluding hydrogens is 1840 g/mol. The quantitative estimate of drug-likeness (QED) is 0.0629. The third-order valence-corrected chi connectivity index (χ3v) is 425. The summed E-state index contributed by atoms with van der Waals surface area (Å²) >= 11 is 14.6. The Hall–Kier alpha value is 1.65. The number of carbonyl (C=O) groups is 4. The first kappa shape index (κ1) is 59.2. The molecule has 1 heterocycles. The van der Waals surface area contributed by atoms with Crippen LogP contribution in [0.4, 0.5) is 0 Å². The summed E-state index contributed by atoms with van der Waals surface area (Å²) in [4.78, 5) is 49.4. The standard InChI is InChI=1S/C25H29NO3.C22H24O4.CH4.I9/c27-23(11-6-18-16-21-4-1-2-5-22(21)17-18)12-13-24(28)19-7-9-20(10-8-19)25(29)26-14-3-15-26;23-20(10-5-15-13-18-3-1-2-4-19(18)14-15)11-12-21(24)16-6-8-17(9-7-16)22(25)26;;1-6-8(4)9(5)7(2)3/h1-2,4-5,7-10,18,23,27H,3,6,11-17H2;1-4,6-9,15,20,23H,5,10-14H2,(H,25,26);1H4;/q;;;-1. The van der Waals surface area contributed by atoms with Gasteiger partial charge in [0.15, 0.2) is 11.6 Å². The molecule has 360 valence electrons. The molecule has 65 heavy (non-hydrogen) atoms. The summed E-state index contributed by atoms with van der Waals surface area (Å²) in [5.41, 5.74) is 7.64. The normalized spacial score (nSPS) is 15.6. The van der Waals surface area contributed by atoms with Crippen molar-refractivity contribution in [1.82, 2.24) is 4.90 Å². The topological polar surface area (TPSA) is 132 Å². The molecule has 1 amide bonds. The first-order valence-corrected chi connectivity index (χ1v) is 71.3. The van der Waals surface area contributed by atoms with E-state index in [1.54, 1.807) is 24.3 Å². The van der Waals surface area contributed by atoms with Gasteiger partial charge in [0.1, 0.15) is 0 Å². The van der Waals surface area contributed by atoms with Crippen molar-refractivity contribution in [3.63, 3.8) is 0 Å². The van der Waals surface area contributed by atoms with Crippen molar-refractivity contribution < 1.29 is 47.8 Å². The van der Waals surface area contributed by atoms with Crippen molar-refractivity contribution in [1.29, 1.82) is 0 Å². The predicted octanol–water partition coefficient (Wildman–Crippen LogP) is 12.7. The van der Waals surface area contributed by atoms with Gasteiger partial charge in [0.2, 0.25) is 0 Å². The van der Waals surface area contributed by atoms with Gasteiger partial charge >= 0.3 is 136 Å². The average Bonchev–Trinajstić information content (AvgIpc) is 3.92. The van der Waals surface area contributed by atoms with E-state index in [1.165, 1.54) is 46.5 Å². The second-order valence-corrected chi connectivity index (χ2v) is 179. The third-order valence-electron chi connectivity index (χ3n) is 11.8. The van der Waals surface area contributed by atoms with Gasteiger partial charge < -0.3 is 20.2 Å². The second kappa shape index (κ2) is 31.3. The fourth-order valence-electron chi connectivity index (χ4n) is 8.08. The number of amides is 1. The molecule has 1 saturated heterocycles. The zero-order valence-electron chi connectivity index (χ0n) is 35.0. The van der Waals surface area contributed by atoms with E-state index < -0.39 is 18.2 Å². The van der Waals surface area contributed by atoms with E-state index in [-0.39, 0.29) is 60.6 Å². The zero-order chi connectivity index (χ0) is 46.2. The number of Topliss-reactive ketones (excluding diaryl/α,β-unsaturated/α-hetero) is 2.